The molecule has 0 amide bonds. The minimum absolute atomic E-state index is 0.128. The zero-order valence-corrected chi connectivity index (χ0v) is 14.2. The minimum atomic E-state index is -0.128. The van der Waals surface area contributed by atoms with Crippen LogP contribution in [0.2, 0.25) is 5.15 Å². The first-order valence-corrected chi connectivity index (χ1v) is 7.91. The van der Waals surface area contributed by atoms with Gasteiger partial charge in [-0.1, -0.05) is 65.0 Å². The van der Waals surface area contributed by atoms with Crippen molar-refractivity contribution >= 4 is 11.6 Å². The summed E-state index contributed by atoms with van der Waals surface area (Å²) < 4.78 is 5.80. The Labute approximate surface area is 128 Å². The van der Waals surface area contributed by atoms with E-state index in [0.717, 1.165) is 17.8 Å². The summed E-state index contributed by atoms with van der Waals surface area (Å²) in [6, 6.07) is 0. The van der Waals surface area contributed by atoms with Crippen LogP contribution in [0.1, 0.15) is 71.2 Å². The van der Waals surface area contributed by atoms with E-state index in [9.17, 15) is 0 Å². The summed E-state index contributed by atoms with van der Waals surface area (Å²) in [6.07, 6.45) is 6.10. The van der Waals surface area contributed by atoms with Crippen molar-refractivity contribution in [2.45, 2.75) is 72.1 Å². The van der Waals surface area contributed by atoms with Crippen molar-refractivity contribution in [1.29, 1.82) is 0 Å². The predicted octanol–water partition coefficient (Wildman–Crippen LogP) is 5.09. The van der Waals surface area contributed by atoms with Crippen LogP contribution in [0.25, 0.3) is 0 Å². The molecule has 0 aliphatic heterocycles. The molecule has 0 N–H and O–H groups in total. The lowest BCUT2D eigenvalue weighted by atomic mass is 9.96. The average molecular weight is 299 g/mol. The zero-order valence-electron chi connectivity index (χ0n) is 13.4. The number of aromatic nitrogens is 2. The van der Waals surface area contributed by atoms with Gasteiger partial charge in [0.1, 0.15) is 11.0 Å². The van der Waals surface area contributed by atoms with Crippen LogP contribution >= 0.6 is 11.6 Å². The van der Waals surface area contributed by atoms with Gasteiger partial charge in [0.2, 0.25) is 5.88 Å². The molecule has 0 spiro atoms. The van der Waals surface area contributed by atoms with E-state index < -0.39 is 0 Å². The van der Waals surface area contributed by atoms with Gasteiger partial charge in [-0.2, -0.15) is 4.98 Å². The van der Waals surface area contributed by atoms with Gasteiger partial charge in [-0.05, 0) is 13.3 Å². The highest BCUT2D eigenvalue weighted by molar-refractivity contribution is 6.30. The number of halogens is 1. The van der Waals surface area contributed by atoms with Crippen LogP contribution in [0.5, 0.6) is 5.88 Å². The van der Waals surface area contributed by atoms with Crippen molar-refractivity contribution < 1.29 is 4.74 Å². The van der Waals surface area contributed by atoms with Gasteiger partial charge in [0, 0.05) is 11.0 Å². The van der Waals surface area contributed by atoms with E-state index in [1.165, 1.54) is 25.7 Å². The first-order valence-electron chi connectivity index (χ1n) is 7.53. The maximum absolute atomic E-state index is 6.18. The van der Waals surface area contributed by atoms with Crippen molar-refractivity contribution in [1.82, 2.24) is 9.97 Å². The number of rotatable bonds is 7. The minimum Gasteiger partial charge on any atom is -0.477 e. The Morgan fingerprint density at radius 3 is 2.30 bits per heavy atom. The molecule has 0 saturated heterocycles. The molecule has 0 bridgehead atoms. The molecule has 1 aromatic heterocycles. The van der Waals surface area contributed by atoms with Crippen LogP contribution in [0.3, 0.4) is 0 Å². The van der Waals surface area contributed by atoms with Crippen molar-refractivity contribution in [3.05, 3.63) is 16.5 Å². The maximum Gasteiger partial charge on any atom is 0.221 e. The lowest BCUT2D eigenvalue weighted by Crippen LogP contribution is -2.17. The average Bonchev–Trinajstić information content (AvgIpc) is 2.37. The number of unbranched alkanes of at least 4 members (excludes halogenated alkanes) is 4. The first-order chi connectivity index (χ1) is 9.36. The van der Waals surface area contributed by atoms with E-state index >= 15 is 0 Å². The summed E-state index contributed by atoms with van der Waals surface area (Å²) in [7, 11) is 0. The van der Waals surface area contributed by atoms with E-state index in [2.05, 4.69) is 37.7 Å². The van der Waals surface area contributed by atoms with Crippen LogP contribution < -0.4 is 4.74 Å². The highest BCUT2D eigenvalue weighted by Gasteiger charge is 2.21. The van der Waals surface area contributed by atoms with E-state index in [0.29, 0.717) is 17.6 Å². The van der Waals surface area contributed by atoms with Gasteiger partial charge in [-0.15, -0.1) is 0 Å². The lowest BCUT2D eigenvalue weighted by Gasteiger charge is -2.19. The van der Waals surface area contributed by atoms with Crippen LogP contribution in [0.15, 0.2) is 0 Å². The topological polar surface area (TPSA) is 35.0 Å². The van der Waals surface area contributed by atoms with Crippen molar-refractivity contribution in [3.8, 4) is 5.88 Å². The molecular weight excluding hydrogens is 272 g/mol. The molecule has 1 aromatic rings. The van der Waals surface area contributed by atoms with Gasteiger partial charge in [-0.3, -0.25) is 0 Å². The number of hydrogen-bond acceptors (Lipinski definition) is 3. The molecule has 0 aromatic carbocycles. The van der Waals surface area contributed by atoms with Crippen LogP contribution in [-0.4, -0.2) is 16.6 Å². The molecule has 0 aliphatic rings. The molecule has 1 rings (SSSR count). The fourth-order valence-electron chi connectivity index (χ4n) is 1.82. The zero-order chi connectivity index (χ0) is 15.2. The maximum atomic E-state index is 6.18. The summed E-state index contributed by atoms with van der Waals surface area (Å²) in [4.78, 5) is 8.87. The van der Waals surface area contributed by atoms with Crippen molar-refractivity contribution in [3.63, 3.8) is 0 Å². The molecule has 4 heteroatoms. The fourth-order valence-corrected chi connectivity index (χ4v) is 1.98. The first kappa shape index (κ1) is 17.2. The van der Waals surface area contributed by atoms with Crippen molar-refractivity contribution in [2.75, 3.05) is 6.61 Å². The van der Waals surface area contributed by atoms with Gasteiger partial charge in [0.25, 0.3) is 0 Å². The molecule has 0 radical (unpaired) electrons. The standard InChI is InChI=1S/C16H27ClN2O/c1-6-7-8-9-10-11-20-14-12(2)13(17)18-15(19-14)16(3,4)5/h6-11H2,1-5H3. The highest BCUT2D eigenvalue weighted by Crippen LogP contribution is 2.27. The van der Waals surface area contributed by atoms with E-state index in [4.69, 9.17) is 16.3 Å². The van der Waals surface area contributed by atoms with Gasteiger partial charge in [-0.25, -0.2) is 4.98 Å². The van der Waals surface area contributed by atoms with Crippen LogP contribution in [0.4, 0.5) is 0 Å². The van der Waals surface area contributed by atoms with Gasteiger partial charge >= 0.3 is 0 Å². The smallest absolute Gasteiger partial charge is 0.221 e. The Bertz CT molecular complexity index is 427. The normalized spacial score (nSPS) is 11.7. The summed E-state index contributed by atoms with van der Waals surface area (Å²) in [5.74, 6) is 1.36. The SMILES string of the molecule is CCCCCCCOc1nc(C(C)(C)C)nc(Cl)c1C. The Hall–Kier alpha value is -0.830. The van der Waals surface area contributed by atoms with E-state index in [-0.39, 0.29) is 5.41 Å². The third-order valence-electron chi connectivity index (χ3n) is 3.20. The third-order valence-corrected chi connectivity index (χ3v) is 3.57. The Balaban J connectivity index is 2.63. The molecule has 0 saturated carbocycles. The summed E-state index contributed by atoms with van der Waals surface area (Å²) in [5, 5.41) is 0.492. The van der Waals surface area contributed by atoms with E-state index in [1.807, 2.05) is 6.92 Å². The number of hydrogen-bond donors (Lipinski definition) is 0. The monoisotopic (exact) mass is 298 g/mol. The molecule has 0 aliphatic carbocycles. The quantitative estimate of drug-likeness (QED) is 0.520. The Morgan fingerprint density at radius 2 is 1.70 bits per heavy atom. The molecule has 0 atom stereocenters. The van der Waals surface area contributed by atoms with Crippen LogP contribution in [-0.2, 0) is 5.41 Å². The third kappa shape index (κ3) is 5.28. The molecule has 0 fully saturated rings. The number of nitrogens with zero attached hydrogens (tertiary/aromatic N) is 2. The van der Waals surface area contributed by atoms with E-state index in [1.54, 1.807) is 0 Å². The second kappa shape index (κ2) is 7.82. The second-order valence-electron chi connectivity index (χ2n) is 6.28. The van der Waals surface area contributed by atoms with Crippen molar-refractivity contribution in [2.24, 2.45) is 0 Å². The second-order valence-corrected chi connectivity index (χ2v) is 6.64. The fraction of sp³-hybridized carbons (Fsp3) is 0.750. The molecular formula is C16H27ClN2O. The van der Waals surface area contributed by atoms with Gasteiger partial charge in [0.05, 0.1) is 6.61 Å². The Morgan fingerprint density at radius 1 is 1.05 bits per heavy atom. The molecule has 20 heavy (non-hydrogen) atoms. The van der Waals surface area contributed by atoms with Crippen LogP contribution in [0, 0.1) is 6.92 Å². The lowest BCUT2D eigenvalue weighted by molar-refractivity contribution is 0.288. The van der Waals surface area contributed by atoms with Gasteiger partial charge in [0.15, 0.2) is 0 Å². The largest absolute Gasteiger partial charge is 0.477 e. The summed E-state index contributed by atoms with van der Waals surface area (Å²) >= 11 is 6.18. The molecule has 114 valence electrons. The van der Waals surface area contributed by atoms with Gasteiger partial charge < -0.3 is 4.74 Å². The molecule has 1 heterocycles. The Kier molecular flexibility index (Phi) is 6.74. The molecule has 3 nitrogen and oxygen atoms in total. The summed E-state index contributed by atoms with van der Waals surface area (Å²) in [6.45, 7) is 11.0. The summed E-state index contributed by atoms with van der Waals surface area (Å²) in [5.41, 5.74) is 0.699. The highest BCUT2D eigenvalue weighted by atomic mass is 35.5. The predicted molar refractivity (Wildman–Crippen MR) is 84.7 cm³/mol. The molecule has 0 unspecified atom stereocenters. The number of ether oxygens (including phenoxy) is 1.